The second-order valence-electron chi connectivity index (χ2n) is 3.84. The summed E-state index contributed by atoms with van der Waals surface area (Å²) in [4.78, 5) is 0. The molecule has 0 unspecified atom stereocenters. The Balaban J connectivity index is 2.28. The number of hydrogen-bond acceptors (Lipinski definition) is 1. The van der Waals surface area contributed by atoms with Crippen LogP contribution < -0.4 is 5.73 Å². The van der Waals surface area contributed by atoms with E-state index >= 15 is 0 Å². The van der Waals surface area contributed by atoms with E-state index in [1.54, 1.807) is 0 Å². The molecule has 1 aliphatic rings. The van der Waals surface area contributed by atoms with Crippen LogP contribution in [0.3, 0.4) is 0 Å². The van der Waals surface area contributed by atoms with Gasteiger partial charge in [-0.15, -0.1) is 0 Å². The summed E-state index contributed by atoms with van der Waals surface area (Å²) in [6.07, 6.45) is 3.84. The Kier molecular flexibility index (Phi) is 2.43. The third-order valence-corrected chi connectivity index (χ3v) is 3.69. The smallest absolute Gasteiger partial charge is 0.0175 e. The van der Waals surface area contributed by atoms with E-state index in [9.17, 15) is 0 Å². The quantitative estimate of drug-likeness (QED) is 0.845. The van der Waals surface area contributed by atoms with Gasteiger partial charge in [0.1, 0.15) is 0 Å². The molecule has 0 radical (unpaired) electrons. The zero-order valence-corrected chi connectivity index (χ0v) is 9.18. The molecule has 1 aromatic carbocycles. The molecule has 0 heterocycles. The Morgan fingerprint density at radius 1 is 1.23 bits per heavy atom. The maximum Gasteiger partial charge on any atom is 0.0175 e. The van der Waals surface area contributed by atoms with Crippen LogP contribution in [0.25, 0.3) is 0 Å². The van der Waals surface area contributed by atoms with Crippen molar-refractivity contribution in [2.45, 2.75) is 24.7 Å². The van der Waals surface area contributed by atoms with Gasteiger partial charge in [-0.05, 0) is 30.5 Å². The second-order valence-corrected chi connectivity index (χ2v) is 4.76. The maximum atomic E-state index is 5.83. The van der Waals surface area contributed by atoms with Crippen molar-refractivity contribution < 1.29 is 0 Å². The molecule has 2 heteroatoms. The minimum Gasteiger partial charge on any atom is -0.330 e. The van der Waals surface area contributed by atoms with Crippen LogP contribution >= 0.6 is 15.9 Å². The summed E-state index contributed by atoms with van der Waals surface area (Å²) in [6, 6.07) is 8.59. The molecular formula is C11H14BrN. The van der Waals surface area contributed by atoms with Crippen LogP contribution in [-0.4, -0.2) is 6.54 Å². The highest BCUT2D eigenvalue weighted by atomic mass is 79.9. The van der Waals surface area contributed by atoms with Gasteiger partial charge in [0.15, 0.2) is 0 Å². The van der Waals surface area contributed by atoms with Gasteiger partial charge in [-0.3, -0.25) is 0 Å². The Bertz CT molecular complexity index is 282. The standard InChI is InChI=1S/C11H14BrN/c12-10-4-2-9(3-5-10)11(8-13)6-1-7-11/h2-5H,1,6-8,13H2. The number of nitrogens with two attached hydrogens (primary N) is 1. The largest absolute Gasteiger partial charge is 0.330 e. The summed E-state index contributed by atoms with van der Waals surface area (Å²) in [6.45, 7) is 0.786. The Hall–Kier alpha value is -0.340. The lowest BCUT2D eigenvalue weighted by Gasteiger charge is -2.41. The fourth-order valence-electron chi connectivity index (χ4n) is 2.02. The van der Waals surface area contributed by atoms with Gasteiger partial charge in [-0.25, -0.2) is 0 Å². The summed E-state index contributed by atoms with van der Waals surface area (Å²) in [5, 5.41) is 0. The van der Waals surface area contributed by atoms with Crippen LogP contribution in [0.5, 0.6) is 0 Å². The van der Waals surface area contributed by atoms with Crippen LogP contribution in [0.15, 0.2) is 28.7 Å². The topological polar surface area (TPSA) is 26.0 Å². The molecule has 0 bridgehead atoms. The lowest BCUT2D eigenvalue weighted by atomic mass is 9.64. The molecule has 1 saturated carbocycles. The molecule has 0 amide bonds. The van der Waals surface area contributed by atoms with Gasteiger partial charge in [0.25, 0.3) is 0 Å². The third kappa shape index (κ3) is 1.53. The molecule has 1 nitrogen and oxygen atoms in total. The molecule has 1 fully saturated rings. The van der Waals surface area contributed by atoms with Gasteiger partial charge in [-0.1, -0.05) is 34.5 Å². The molecule has 0 aliphatic heterocycles. The van der Waals surface area contributed by atoms with Crippen molar-refractivity contribution in [1.29, 1.82) is 0 Å². The van der Waals surface area contributed by atoms with Crippen molar-refractivity contribution in [1.82, 2.24) is 0 Å². The highest BCUT2D eigenvalue weighted by Crippen LogP contribution is 2.42. The first-order valence-electron chi connectivity index (χ1n) is 4.73. The van der Waals surface area contributed by atoms with Crippen molar-refractivity contribution in [2.24, 2.45) is 5.73 Å². The minimum absolute atomic E-state index is 0.306. The normalized spacial score (nSPS) is 19.5. The van der Waals surface area contributed by atoms with Crippen LogP contribution in [0.4, 0.5) is 0 Å². The van der Waals surface area contributed by atoms with Crippen molar-refractivity contribution in [2.75, 3.05) is 6.54 Å². The van der Waals surface area contributed by atoms with E-state index in [4.69, 9.17) is 5.73 Å². The molecule has 70 valence electrons. The Labute approximate surface area is 87.5 Å². The molecule has 2 rings (SSSR count). The van der Waals surface area contributed by atoms with Gasteiger partial charge in [0.2, 0.25) is 0 Å². The predicted octanol–water partition coefficient (Wildman–Crippen LogP) is 2.83. The van der Waals surface area contributed by atoms with Crippen LogP contribution in [-0.2, 0) is 5.41 Å². The van der Waals surface area contributed by atoms with Gasteiger partial charge < -0.3 is 5.73 Å². The predicted molar refractivity (Wildman–Crippen MR) is 58.7 cm³/mol. The van der Waals surface area contributed by atoms with Gasteiger partial charge >= 0.3 is 0 Å². The van der Waals surface area contributed by atoms with Crippen LogP contribution in [0.1, 0.15) is 24.8 Å². The zero-order chi connectivity index (χ0) is 9.31. The fraction of sp³-hybridized carbons (Fsp3) is 0.455. The fourth-order valence-corrected chi connectivity index (χ4v) is 2.28. The molecule has 0 atom stereocenters. The molecule has 0 saturated heterocycles. The van der Waals surface area contributed by atoms with E-state index in [0.717, 1.165) is 11.0 Å². The molecule has 2 N–H and O–H groups in total. The lowest BCUT2D eigenvalue weighted by Crippen LogP contribution is -2.41. The first-order chi connectivity index (χ1) is 6.27. The molecule has 0 aromatic heterocycles. The van der Waals surface area contributed by atoms with Crippen LogP contribution in [0.2, 0.25) is 0 Å². The summed E-state index contributed by atoms with van der Waals surface area (Å²) >= 11 is 3.44. The van der Waals surface area contributed by atoms with Crippen molar-refractivity contribution in [3.8, 4) is 0 Å². The first kappa shape index (κ1) is 9.22. The number of halogens is 1. The van der Waals surface area contributed by atoms with Crippen molar-refractivity contribution >= 4 is 15.9 Å². The maximum absolute atomic E-state index is 5.83. The van der Waals surface area contributed by atoms with E-state index in [2.05, 4.69) is 40.2 Å². The first-order valence-corrected chi connectivity index (χ1v) is 5.52. The van der Waals surface area contributed by atoms with E-state index in [1.807, 2.05) is 0 Å². The van der Waals surface area contributed by atoms with Gasteiger partial charge in [0.05, 0.1) is 0 Å². The monoisotopic (exact) mass is 239 g/mol. The third-order valence-electron chi connectivity index (χ3n) is 3.16. The SMILES string of the molecule is NCC1(c2ccc(Br)cc2)CCC1. The average Bonchev–Trinajstić information content (AvgIpc) is 2.07. The highest BCUT2D eigenvalue weighted by molar-refractivity contribution is 9.10. The van der Waals surface area contributed by atoms with E-state index in [-0.39, 0.29) is 0 Å². The second kappa shape index (κ2) is 3.43. The Morgan fingerprint density at radius 3 is 2.23 bits per heavy atom. The summed E-state index contributed by atoms with van der Waals surface area (Å²) in [5.41, 5.74) is 7.54. The zero-order valence-electron chi connectivity index (χ0n) is 7.59. The molecular weight excluding hydrogens is 226 g/mol. The van der Waals surface area contributed by atoms with E-state index < -0.39 is 0 Å². The molecule has 1 aromatic rings. The molecule has 1 aliphatic carbocycles. The summed E-state index contributed by atoms with van der Waals surface area (Å²) in [7, 11) is 0. The summed E-state index contributed by atoms with van der Waals surface area (Å²) < 4.78 is 1.14. The van der Waals surface area contributed by atoms with Gasteiger partial charge in [0, 0.05) is 16.4 Å². The van der Waals surface area contributed by atoms with Crippen molar-refractivity contribution in [3.63, 3.8) is 0 Å². The van der Waals surface area contributed by atoms with Crippen molar-refractivity contribution in [3.05, 3.63) is 34.3 Å². The Morgan fingerprint density at radius 2 is 1.85 bits per heavy atom. The molecule has 0 spiro atoms. The van der Waals surface area contributed by atoms with Gasteiger partial charge in [-0.2, -0.15) is 0 Å². The number of benzene rings is 1. The highest BCUT2D eigenvalue weighted by Gasteiger charge is 2.36. The van der Waals surface area contributed by atoms with Crippen LogP contribution in [0, 0.1) is 0 Å². The van der Waals surface area contributed by atoms with E-state index in [1.165, 1.54) is 24.8 Å². The number of hydrogen-bond donors (Lipinski definition) is 1. The summed E-state index contributed by atoms with van der Waals surface area (Å²) in [5.74, 6) is 0. The minimum atomic E-state index is 0.306. The lowest BCUT2D eigenvalue weighted by molar-refractivity contribution is 0.253. The number of rotatable bonds is 2. The average molecular weight is 240 g/mol. The molecule has 13 heavy (non-hydrogen) atoms. The van der Waals surface area contributed by atoms with E-state index in [0.29, 0.717) is 5.41 Å².